The maximum atomic E-state index is 13.3. The third-order valence-electron chi connectivity index (χ3n) is 5.75. The average Bonchev–Trinajstić information content (AvgIpc) is 2.81. The minimum atomic E-state index is -3.54. The number of anilines is 1. The van der Waals surface area contributed by atoms with Crippen LogP contribution in [-0.4, -0.2) is 58.1 Å². The Balaban J connectivity index is 2.19. The number of hydrogen-bond donors (Lipinski definition) is 1. The van der Waals surface area contributed by atoms with Crippen LogP contribution in [0.2, 0.25) is 0 Å². The number of hydrogen-bond acceptors (Lipinski definition) is 5. The highest BCUT2D eigenvalue weighted by atomic mass is 32.2. The van der Waals surface area contributed by atoms with Crippen LogP contribution >= 0.6 is 0 Å². The Labute approximate surface area is 202 Å². The maximum absolute atomic E-state index is 13.3. The summed E-state index contributed by atoms with van der Waals surface area (Å²) in [5.41, 5.74) is 2.51. The molecule has 186 valence electrons. The number of carbonyl (C=O) groups is 2. The number of methoxy groups -OCH3 is 1. The SMILES string of the molecule is CCC(C(=O)NC)N(Cc1ccccc1C)C(=O)CCCN(c1ccc(OC)cc1)S(C)(=O)=O. The van der Waals surface area contributed by atoms with Gasteiger partial charge in [0.05, 0.1) is 19.1 Å². The van der Waals surface area contributed by atoms with Crippen LogP contribution in [0, 0.1) is 6.92 Å². The van der Waals surface area contributed by atoms with Crippen molar-refractivity contribution in [2.24, 2.45) is 0 Å². The standard InChI is InChI=1S/C25H35N3O5S/c1-6-23(25(30)26-3)27(18-20-11-8-7-10-19(20)2)24(29)12-9-17-28(34(5,31)32)21-13-15-22(33-4)16-14-21/h7-8,10-11,13-16,23H,6,9,12,17-18H2,1-5H3,(H,26,30). The molecule has 34 heavy (non-hydrogen) atoms. The van der Waals surface area contributed by atoms with Gasteiger partial charge in [-0.2, -0.15) is 0 Å². The van der Waals surface area contributed by atoms with Crippen molar-refractivity contribution in [2.75, 3.05) is 31.3 Å². The molecule has 2 aromatic rings. The van der Waals surface area contributed by atoms with Gasteiger partial charge in [0.2, 0.25) is 21.8 Å². The highest BCUT2D eigenvalue weighted by Crippen LogP contribution is 2.23. The van der Waals surface area contributed by atoms with Gasteiger partial charge in [-0.15, -0.1) is 0 Å². The summed E-state index contributed by atoms with van der Waals surface area (Å²) >= 11 is 0. The second-order valence-electron chi connectivity index (χ2n) is 8.12. The lowest BCUT2D eigenvalue weighted by Gasteiger charge is -2.31. The number of rotatable bonds is 12. The van der Waals surface area contributed by atoms with E-state index in [1.54, 1.807) is 43.3 Å². The molecule has 2 aromatic carbocycles. The molecule has 0 fully saturated rings. The smallest absolute Gasteiger partial charge is 0.242 e. The first-order chi connectivity index (χ1) is 16.1. The van der Waals surface area contributed by atoms with Gasteiger partial charge in [-0.25, -0.2) is 8.42 Å². The van der Waals surface area contributed by atoms with E-state index in [2.05, 4.69) is 5.32 Å². The lowest BCUT2D eigenvalue weighted by Crippen LogP contribution is -2.48. The second-order valence-corrected chi connectivity index (χ2v) is 10.0. The van der Waals surface area contributed by atoms with Crippen LogP contribution in [0.4, 0.5) is 5.69 Å². The summed E-state index contributed by atoms with van der Waals surface area (Å²) in [7, 11) is -0.447. The molecule has 0 heterocycles. The molecule has 0 aliphatic heterocycles. The average molecular weight is 490 g/mol. The van der Waals surface area contributed by atoms with Crippen molar-refractivity contribution in [1.82, 2.24) is 10.2 Å². The van der Waals surface area contributed by atoms with Crippen LogP contribution in [-0.2, 0) is 26.2 Å². The van der Waals surface area contributed by atoms with E-state index in [0.717, 1.165) is 17.4 Å². The van der Waals surface area contributed by atoms with Gasteiger partial charge in [-0.1, -0.05) is 31.2 Å². The number of nitrogens with one attached hydrogen (secondary N) is 1. The largest absolute Gasteiger partial charge is 0.497 e. The number of aryl methyl sites for hydroxylation is 1. The van der Waals surface area contributed by atoms with Gasteiger partial charge in [0, 0.05) is 26.6 Å². The van der Waals surface area contributed by atoms with Crippen molar-refractivity contribution in [3.8, 4) is 5.75 Å². The Hall–Kier alpha value is -3.07. The molecule has 9 heteroatoms. The van der Waals surface area contributed by atoms with Gasteiger partial charge in [0.1, 0.15) is 11.8 Å². The summed E-state index contributed by atoms with van der Waals surface area (Å²) in [6, 6.07) is 13.9. The fraction of sp³-hybridized carbons (Fsp3) is 0.440. The molecule has 0 aromatic heterocycles. The van der Waals surface area contributed by atoms with E-state index in [9.17, 15) is 18.0 Å². The Bertz CT molecular complexity index is 1070. The third kappa shape index (κ3) is 7.21. The first-order valence-electron chi connectivity index (χ1n) is 11.3. The molecular formula is C25H35N3O5S. The van der Waals surface area contributed by atoms with Crippen molar-refractivity contribution in [3.63, 3.8) is 0 Å². The molecule has 0 bridgehead atoms. The molecule has 8 nitrogen and oxygen atoms in total. The monoisotopic (exact) mass is 489 g/mol. The molecule has 0 spiro atoms. The summed E-state index contributed by atoms with van der Waals surface area (Å²) < 4.78 is 31.2. The van der Waals surface area contributed by atoms with Gasteiger partial charge in [0.25, 0.3) is 0 Å². The quantitative estimate of drug-likeness (QED) is 0.494. The van der Waals surface area contributed by atoms with E-state index in [1.807, 2.05) is 38.1 Å². The minimum absolute atomic E-state index is 0.113. The Kier molecular flexibility index (Phi) is 9.92. The van der Waals surface area contributed by atoms with Gasteiger partial charge >= 0.3 is 0 Å². The van der Waals surface area contributed by atoms with E-state index < -0.39 is 16.1 Å². The topological polar surface area (TPSA) is 96.0 Å². The molecular weight excluding hydrogens is 454 g/mol. The fourth-order valence-corrected chi connectivity index (χ4v) is 4.77. The van der Waals surface area contributed by atoms with Crippen LogP contribution in [0.3, 0.4) is 0 Å². The van der Waals surface area contributed by atoms with E-state index in [0.29, 0.717) is 30.8 Å². The van der Waals surface area contributed by atoms with Crippen molar-refractivity contribution in [1.29, 1.82) is 0 Å². The summed E-state index contributed by atoms with van der Waals surface area (Å²) in [5.74, 6) is 0.210. The molecule has 0 radical (unpaired) electrons. The van der Waals surface area contributed by atoms with Crippen LogP contribution < -0.4 is 14.4 Å². The predicted molar refractivity (Wildman–Crippen MR) is 134 cm³/mol. The van der Waals surface area contributed by atoms with Crippen LogP contribution in [0.25, 0.3) is 0 Å². The second kappa shape index (κ2) is 12.4. The molecule has 1 unspecified atom stereocenters. The number of amides is 2. The fourth-order valence-electron chi connectivity index (χ4n) is 3.81. The van der Waals surface area contributed by atoms with E-state index >= 15 is 0 Å². The number of benzene rings is 2. The summed E-state index contributed by atoms with van der Waals surface area (Å²) in [6.07, 6.45) is 2.04. The van der Waals surface area contributed by atoms with Gasteiger partial charge in [-0.05, 0) is 55.2 Å². The lowest BCUT2D eigenvalue weighted by atomic mass is 10.1. The number of sulfonamides is 1. The summed E-state index contributed by atoms with van der Waals surface area (Å²) in [4.78, 5) is 27.4. The van der Waals surface area contributed by atoms with E-state index in [1.165, 1.54) is 4.31 Å². The highest BCUT2D eigenvalue weighted by molar-refractivity contribution is 7.92. The normalized spacial score (nSPS) is 12.0. The number of nitrogens with zero attached hydrogens (tertiary/aromatic N) is 2. The molecule has 0 saturated carbocycles. The van der Waals surface area contributed by atoms with E-state index in [-0.39, 0.29) is 24.8 Å². The number of likely N-dealkylation sites (N-methyl/N-ethyl adjacent to an activating group) is 1. The first kappa shape index (κ1) is 27.2. The molecule has 2 amide bonds. The lowest BCUT2D eigenvalue weighted by molar-refractivity contribution is -0.141. The molecule has 0 saturated heterocycles. The minimum Gasteiger partial charge on any atom is -0.497 e. The van der Waals surface area contributed by atoms with Crippen LogP contribution in [0.1, 0.15) is 37.3 Å². The Morgan fingerprint density at radius 3 is 2.26 bits per heavy atom. The first-order valence-corrected chi connectivity index (χ1v) is 13.1. The highest BCUT2D eigenvalue weighted by Gasteiger charge is 2.28. The van der Waals surface area contributed by atoms with Crippen molar-refractivity contribution >= 4 is 27.5 Å². The summed E-state index contributed by atoms with van der Waals surface area (Å²) in [6.45, 7) is 4.29. The predicted octanol–water partition coefficient (Wildman–Crippen LogP) is 3.10. The van der Waals surface area contributed by atoms with E-state index in [4.69, 9.17) is 4.74 Å². The molecule has 1 N–H and O–H groups in total. The third-order valence-corrected chi connectivity index (χ3v) is 6.94. The van der Waals surface area contributed by atoms with Crippen molar-refractivity contribution in [3.05, 3.63) is 59.7 Å². The van der Waals surface area contributed by atoms with Crippen molar-refractivity contribution in [2.45, 2.75) is 45.7 Å². The molecule has 0 aliphatic rings. The zero-order valence-corrected chi connectivity index (χ0v) is 21.4. The van der Waals surface area contributed by atoms with Crippen LogP contribution in [0.5, 0.6) is 5.75 Å². The van der Waals surface area contributed by atoms with Gasteiger partial charge in [-0.3, -0.25) is 13.9 Å². The van der Waals surface area contributed by atoms with Crippen molar-refractivity contribution < 1.29 is 22.7 Å². The van der Waals surface area contributed by atoms with Gasteiger partial charge in [0.15, 0.2) is 0 Å². The molecule has 0 aliphatic carbocycles. The van der Waals surface area contributed by atoms with Crippen LogP contribution in [0.15, 0.2) is 48.5 Å². The number of carbonyl (C=O) groups excluding carboxylic acids is 2. The Morgan fingerprint density at radius 2 is 1.74 bits per heavy atom. The summed E-state index contributed by atoms with van der Waals surface area (Å²) in [5, 5.41) is 2.65. The zero-order valence-electron chi connectivity index (χ0n) is 20.6. The maximum Gasteiger partial charge on any atom is 0.242 e. The number of ether oxygens (including phenoxy) is 1. The molecule has 1 atom stereocenters. The Morgan fingerprint density at radius 1 is 1.09 bits per heavy atom. The zero-order chi connectivity index (χ0) is 25.3. The molecule has 2 rings (SSSR count). The van der Waals surface area contributed by atoms with Gasteiger partial charge < -0.3 is 15.0 Å².